The minimum atomic E-state index is 0. The molecule has 0 atom stereocenters. The van der Waals surface area contributed by atoms with Gasteiger partial charge >= 0.3 is 0 Å². The summed E-state index contributed by atoms with van der Waals surface area (Å²) in [7, 11) is 0. The van der Waals surface area contributed by atoms with E-state index in [9.17, 15) is 0 Å². The van der Waals surface area contributed by atoms with Crippen LogP contribution in [0.25, 0.3) is 11.4 Å². The van der Waals surface area contributed by atoms with Crippen molar-refractivity contribution in [3.63, 3.8) is 0 Å². The van der Waals surface area contributed by atoms with Crippen molar-refractivity contribution in [3.05, 3.63) is 48.8 Å². The van der Waals surface area contributed by atoms with E-state index in [1.54, 1.807) is 12.4 Å². The molecule has 0 amide bonds. The molecule has 0 bridgehead atoms. The SMILES string of the molecule is Cl.Cl.O.O.[Ru].c1ccc(-c2ccccn2)nc1. The first-order chi connectivity index (χ1) is 5.97. The van der Waals surface area contributed by atoms with Crippen molar-refractivity contribution < 1.29 is 30.4 Å². The molecule has 0 aliphatic heterocycles. The van der Waals surface area contributed by atoms with Gasteiger partial charge in [0.2, 0.25) is 0 Å². The van der Waals surface area contributed by atoms with Crippen molar-refractivity contribution in [2.75, 3.05) is 0 Å². The van der Waals surface area contributed by atoms with Crippen LogP contribution in [0.5, 0.6) is 0 Å². The van der Waals surface area contributed by atoms with Gasteiger partial charge in [-0.05, 0) is 24.3 Å². The fraction of sp³-hybridized carbons (Fsp3) is 0. The Kier molecular flexibility index (Phi) is 20.1. The normalized spacial score (nSPS) is 6.82. The minimum absolute atomic E-state index is 0. The van der Waals surface area contributed by atoms with E-state index in [2.05, 4.69) is 9.97 Å². The van der Waals surface area contributed by atoms with Gasteiger partial charge in [0.05, 0.1) is 11.4 Å². The van der Waals surface area contributed by atoms with Crippen molar-refractivity contribution in [1.29, 1.82) is 0 Å². The molecule has 0 fully saturated rings. The van der Waals surface area contributed by atoms with E-state index in [1.165, 1.54) is 0 Å². The molecule has 0 aliphatic rings. The van der Waals surface area contributed by atoms with Crippen LogP contribution in [0.4, 0.5) is 0 Å². The largest absolute Gasteiger partial charge is 0.412 e. The Labute approximate surface area is 125 Å². The molecule has 0 radical (unpaired) electrons. The second-order valence-corrected chi connectivity index (χ2v) is 2.43. The van der Waals surface area contributed by atoms with Crippen LogP contribution in [-0.2, 0) is 19.5 Å². The van der Waals surface area contributed by atoms with E-state index in [4.69, 9.17) is 0 Å². The van der Waals surface area contributed by atoms with Gasteiger partial charge in [0.15, 0.2) is 0 Å². The quantitative estimate of drug-likeness (QED) is 0.713. The molecule has 17 heavy (non-hydrogen) atoms. The van der Waals surface area contributed by atoms with Crippen LogP contribution in [0.15, 0.2) is 48.8 Å². The maximum Gasteiger partial charge on any atom is 0.0886 e. The number of aromatic nitrogens is 2. The second-order valence-electron chi connectivity index (χ2n) is 2.43. The summed E-state index contributed by atoms with van der Waals surface area (Å²) in [4.78, 5) is 8.37. The number of hydrogen-bond acceptors (Lipinski definition) is 2. The molecule has 2 rings (SSSR count). The third-order valence-electron chi connectivity index (χ3n) is 1.59. The number of halogens is 2. The van der Waals surface area contributed by atoms with Crippen molar-refractivity contribution in [3.8, 4) is 11.4 Å². The molecular weight excluding hydrogens is 352 g/mol. The Morgan fingerprint density at radius 3 is 1.24 bits per heavy atom. The van der Waals surface area contributed by atoms with Gasteiger partial charge in [0.1, 0.15) is 0 Å². The summed E-state index contributed by atoms with van der Waals surface area (Å²) in [5, 5.41) is 0. The number of pyridine rings is 2. The number of hydrogen-bond donors (Lipinski definition) is 0. The van der Waals surface area contributed by atoms with Gasteiger partial charge in [-0.25, -0.2) is 0 Å². The van der Waals surface area contributed by atoms with Crippen LogP contribution >= 0.6 is 24.8 Å². The van der Waals surface area contributed by atoms with Crippen LogP contribution in [0.2, 0.25) is 0 Å². The van der Waals surface area contributed by atoms with Gasteiger partial charge < -0.3 is 11.0 Å². The zero-order valence-electron chi connectivity index (χ0n) is 8.68. The average Bonchev–Trinajstić information content (AvgIpc) is 2.21. The third-order valence-corrected chi connectivity index (χ3v) is 1.59. The van der Waals surface area contributed by atoms with Crippen LogP contribution in [0.1, 0.15) is 0 Å². The summed E-state index contributed by atoms with van der Waals surface area (Å²) in [6.45, 7) is 0. The van der Waals surface area contributed by atoms with E-state index in [0.29, 0.717) is 0 Å². The molecule has 98 valence electrons. The zero-order valence-corrected chi connectivity index (χ0v) is 12.1. The Morgan fingerprint density at radius 1 is 0.647 bits per heavy atom. The summed E-state index contributed by atoms with van der Waals surface area (Å²) in [5.74, 6) is 0. The summed E-state index contributed by atoms with van der Waals surface area (Å²) in [6, 6.07) is 11.6. The van der Waals surface area contributed by atoms with Crippen molar-refractivity contribution in [2.45, 2.75) is 0 Å². The maximum absolute atomic E-state index is 4.19. The molecule has 0 unspecified atom stereocenters. The summed E-state index contributed by atoms with van der Waals surface area (Å²) >= 11 is 0. The smallest absolute Gasteiger partial charge is 0.0886 e. The summed E-state index contributed by atoms with van der Waals surface area (Å²) < 4.78 is 0. The van der Waals surface area contributed by atoms with E-state index in [0.717, 1.165) is 11.4 Å². The molecular formula is C10H14Cl2N2O2Ru. The van der Waals surface area contributed by atoms with Gasteiger partial charge in [-0.1, -0.05) is 12.1 Å². The first-order valence-electron chi connectivity index (χ1n) is 3.79. The van der Waals surface area contributed by atoms with Crippen LogP contribution < -0.4 is 0 Å². The van der Waals surface area contributed by atoms with Gasteiger partial charge in [-0.3, -0.25) is 9.97 Å². The first kappa shape index (κ1) is 25.3. The van der Waals surface area contributed by atoms with E-state index in [1.807, 2.05) is 36.4 Å². The van der Waals surface area contributed by atoms with Crippen LogP contribution in [0.3, 0.4) is 0 Å². The summed E-state index contributed by atoms with van der Waals surface area (Å²) in [6.07, 6.45) is 3.54. The van der Waals surface area contributed by atoms with Crippen LogP contribution in [-0.4, -0.2) is 20.9 Å². The third kappa shape index (κ3) is 7.37. The molecule has 0 saturated carbocycles. The molecule has 0 aliphatic carbocycles. The Morgan fingerprint density at radius 2 is 1.00 bits per heavy atom. The summed E-state index contributed by atoms with van der Waals surface area (Å²) in [5.41, 5.74) is 1.83. The minimum Gasteiger partial charge on any atom is -0.412 e. The van der Waals surface area contributed by atoms with Gasteiger partial charge in [-0.2, -0.15) is 0 Å². The fourth-order valence-corrected chi connectivity index (χ4v) is 1.03. The predicted molar refractivity (Wildman–Crippen MR) is 69.2 cm³/mol. The zero-order chi connectivity index (χ0) is 8.23. The Hall–Kier alpha value is -0.577. The van der Waals surface area contributed by atoms with Crippen molar-refractivity contribution in [1.82, 2.24) is 9.97 Å². The molecule has 0 aromatic carbocycles. The molecule has 2 heterocycles. The molecule has 4 nitrogen and oxygen atoms in total. The standard InChI is InChI=1S/C10H8N2.2ClH.2H2O.Ru/c1-3-7-11-9(5-1)10-6-2-4-8-12-10;;;;;/h1-8H;2*1H;2*1H2;. The maximum atomic E-state index is 4.19. The average molecular weight is 366 g/mol. The van der Waals surface area contributed by atoms with Gasteiger partial charge in [0.25, 0.3) is 0 Å². The topological polar surface area (TPSA) is 88.8 Å². The molecule has 2 aromatic heterocycles. The van der Waals surface area contributed by atoms with E-state index in [-0.39, 0.29) is 55.2 Å². The molecule has 0 saturated heterocycles. The van der Waals surface area contributed by atoms with Crippen LogP contribution in [0, 0.1) is 0 Å². The second kappa shape index (κ2) is 13.5. The van der Waals surface area contributed by atoms with Crippen molar-refractivity contribution >= 4 is 24.8 Å². The van der Waals surface area contributed by atoms with Crippen molar-refractivity contribution in [2.24, 2.45) is 0 Å². The molecule has 7 heteroatoms. The molecule has 2 aromatic rings. The number of rotatable bonds is 1. The first-order valence-corrected chi connectivity index (χ1v) is 3.79. The molecule has 0 spiro atoms. The molecule has 4 N–H and O–H groups in total. The van der Waals surface area contributed by atoms with E-state index < -0.39 is 0 Å². The fourth-order valence-electron chi connectivity index (χ4n) is 1.03. The monoisotopic (exact) mass is 366 g/mol. The Balaban J connectivity index is -0.000000169. The predicted octanol–water partition coefficient (Wildman–Crippen LogP) is 1.34. The van der Waals surface area contributed by atoms with E-state index >= 15 is 0 Å². The Bertz CT molecular complexity index is 328. The van der Waals surface area contributed by atoms with Gasteiger partial charge in [0, 0.05) is 31.9 Å². The van der Waals surface area contributed by atoms with Gasteiger partial charge in [-0.15, -0.1) is 24.8 Å². The number of nitrogens with zero attached hydrogens (tertiary/aromatic N) is 2.